The van der Waals surface area contributed by atoms with Crippen molar-refractivity contribution in [1.82, 2.24) is 4.90 Å². The first kappa shape index (κ1) is 14.3. The van der Waals surface area contributed by atoms with Crippen molar-refractivity contribution in [3.05, 3.63) is 28.8 Å². The maximum absolute atomic E-state index is 11.0. The molecule has 96 valence electrons. The lowest BCUT2D eigenvalue weighted by atomic mass is 10.2. The van der Waals surface area contributed by atoms with Gasteiger partial charge < -0.3 is 10.6 Å². The highest BCUT2D eigenvalue weighted by atomic mass is 35.5. The van der Waals surface area contributed by atoms with Gasteiger partial charge in [-0.2, -0.15) is 0 Å². The van der Waals surface area contributed by atoms with Crippen LogP contribution in [0, 0.1) is 0 Å². The second kappa shape index (κ2) is 5.71. The molecule has 4 nitrogen and oxygen atoms in total. The molecule has 0 saturated heterocycles. The molecule has 1 aromatic rings. The normalized spacial score (nSPS) is 12.0. The summed E-state index contributed by atoms with van der Waals surface area (Å²) in [6, 6.07) is 5.28. The van der Waals surface area contributed by atoms with Crippen molar-refractivity contribution in [3.8, 4) is 0 Å². The Morgan fingerprint density at radius 3 is 2.65 bits per heavy atom. The van der Waals surface area contributed by atoms with E-state index in [1.807, 2.05) is 11.9 Å². The molecular formula is C11H17ClN2O2S. The second-order valence-electron chi connectivity index (χ2n) is 4.21. The summed E-state index contributed by atoms with van der Waals surface area (Å²) in [6.07, 6.45) is 1.23. The smallest absolute Gasteiger partial charge is 0.148 e. The maximum Gasteiger partial charge on any atom is 0.148 e. The number of hydrogen-bond donors (Lipinski definition) is 1. The summed E-state index contributed by atoms with van der Waals surface area (Å²) in [5, 5.41) is 0.630. The highest BCUT2D eigenvalue weighted by Gasteiger charge is 2.08. The Morgan fingerprint density at radius 1 is 1.41 bits per heavy atom. The van der Waals surface area contributed by atoms with Crippen LogP contribution in [0.25, 0.3) is 0 Å². The Hall–Kier alpha value is -0.780. The first-order valence-corrected chi connectivity index (χ1v) is 7.62. The van der Waals surface area contributed by atoms with E-state index in [9.17, 15) is 8.42 Å². The van der Waals surface area contributed by atoms with E-state index in [0.29, 0.717) is 23.8 Å². The number of hydrogen-bond acceptors (Lipinski definition) is 4. The van der Waals surface area contributed by atoms with E-state index in [-0.39, 0.29) is 5.75 Å². The molecule has 1 aromatic carbocycles. The van der Waals surface area contributed by atoms with Crippen molar-refractivity contribution >= 4 is 27.1 Å². The fourth-order valence-electron chi connectivity index (χ4n) is 1.40. The van der Waals surface area contributed by atoms with Crippen LogP contribution < -0.4 is 5.73 Å². The van der Waals surface area contributed by atoms with Crippen LogP contribution in [0.5, 0.6) is 0 Å². The molecule has 0 aliphatic rings. The third-order valence-electron chi connectivity index (χ3n) is 2.39. The molecule has 17 heavy (non-hydrogen) atoms. The second-order valence-corrected chi connectivity index (χ2v) is 6.91. The van der Waals surface area contributed by atoms with E-state index in [2.05, 4.69) is 0 Å². The SMILES string of the molecule is CN(CCS(C)(=O)=O)Cc1cc(Cl)ccc1N. The van der Waals surface area contributed by atoms with Crippen molar-refractivity contribution in [3.63, 3.8) is 0 Å². The predicted molar refractivity (Wildman–Crippen MR) is 71.9 cm³/mol. The highest BCUT2D eigenvalue weighted by Crippen LogP contribution is 2.19. The molecule has 0 spiro atoms. The molecule has 0 aliphatic heterocycles. The largest absolute Gasteiger partial charge is 0.398 e. The number of anilines is 1. The quantitative estimate of drug-likeness (QED) is 0.826. The van der Waals surface area contributed by atoms with Crippen LogP contribution in [0.15, 0.2) is 18.2 Å². The summed E-state index contributed by atoms with van der Waals surface area (Å²) in [4.78, 5) is 1.91. The van der Waals surface area contributed by atoms with Crippen molar-refractivity contribution in [1.29, 1.82) is 0 Å². The van der Waals surface area contributed by atoms with Crippen molar-refractivity contribution in [2.45, 2.75) is 6.54 Å². The van der Waals surface area contributed by atoms with Gasteiger partial charge in [-0.3, -0.25) is 0 Å². The summed E-state index contributed by atoms with van der Waals surface area (Å²) in [5.74, 6) is 0.143. The Balaban J connectivity index is 2.62. The average Bonchev–Trinajstić information content (AvgIpc) is 2.20. The van der Waals surface area contributed by atoms with Gasteiger partial charge in [0.1, 0.15) is 9.84 Å². The lowest BCUT2D eigenvalue weighted by Gasteiger charge is -2.17. The zero-order valence-electron chi connectivity index (χ0n) is 9.98. The highest BCUT2D eigenvalue weighted by molar-refractivity contribution is 7.90. The molecule has 0 fully saturated rings. The zero-order valence-corrected chi connectivity index (χ0v) is 11.6. The number of nitrogens with zero attached hydrogens (tertiary/aromatic N) is 1. The van der Waals surface area contributed by atoms with Gasteiger partial charge in [0.2, 0.25) is 0 Å². The van der Waals surface area contributed by atoms with Crippen LogP contribution in [0.1, 0.15) is 5.56 Å². The van der Waals surface area contributed by atoms with Crippen molar-refractivity contribution < 1.29 is 8.42 Å². The van der Waals surface area contributed by atoms with Gasteiger partial charge in [-0.1, -0.05) is 11.6 Å². The van der Waals surface area contributed by atoms with E-state index in [0.717, 1.165) is 5.56 Å². The first-order chi connectivity index (χ1) is 7.78. The Morgan fingerprint density at radius 2 is 2.06 bits per heavy atom. The molecule has 0 amide bonds. The average molecular weight is 277 g/mol. The van der Waals surface area contributed by atoms with E-state index in [1.54, 1.807) is 18.2 Å². The van der Waals surface area contributed by atoms with Gasteiger partial charge in [-0.05, 0) is 30.8 Å². The molecule has 6 heteroatoms. The summed E-state index contributed by atoms with van der Waals surface area (Å²) < 4.78 is 22.1. The predicted octanol–water partition coefficient (Wildman–Crippen LogP) is 1.40. The maximum atomic E-state index is 11.0. The minimum atomic E-state index is -2.93. The molecule has 2 N–H and O–H groups in total. The van der Waals surface area contributed by atoms with Gasteiger partial charge in [0.15, 0.2) is 0 Å². The Bertz CT molecular complexity index is 488. The first-order valence-electron chi connectivity index (χ1n) is 5.18. The monoisotopic (exact) mass is 276 g/mol. The molecule has 0 atom stereocenters. The van der Waals surface area contributed by atoms with Crippen LogP contribution in [0.3, 0.4) is 0 Å². The van der Waals surface area contributed by atoms with Crippen LogP contribution in [-0.2, 0) is 16.4 Å². The summed E-state index contributed by atoms with van der Waals surface area (Å²) >= 11 is 5.88. The molecule has 0 unspecified atom stereocenters. The topological polar surface area (TPSA) is 63.4 Å². The fourth-order valence-corrected chi connectivity index (χ4v) is 2.24. The number of benzene rings is 1. The third-order valence-corrected chi connectivity index (χ3v) is 3.55. The summed E-state index contributed by atoms with van der Waals surface area (Å²) in [7, 11) is -1.08. The van der Waals surface area contributed by atoms with E-state index in [4.69, 9.17) is 17.3 Å². The zero-order chi connectivity index (χ0) is 13.1. The molecule has 0 radical (unpaired) electrons. The van der Waals surface area contributed by atoms with Gasteiger partial charge in [0.25, 0.3) is 0 Å². The van der Waals surface area contributed by atoms with Gasteiger partial charge in [-0.25, -0.2) is 8.42 Å². The molecule has 1 rings (SSSR count). The number of halogens is 1. The molecular weight excluding hydrogens is 260 g/mol. The van der Waals surface area contributed by atoms with Crippen molar-refractivity contribution in [2.75, 3.05) is 31.3 Å². The lowest BCUT2D eigenvalue weighted by Crippen LogP contribution is -2.25. The fraction of sp³-hybridized carbons (Fsp3) is 0.455. The number of sulfone groups is 1. The minimum absolute atomic E-state index is 0.143. The van der Waals surface area contributed by atoms with Crippen LogP contribution in [-0.4, -0.2) is 38.9 Å². The van der Waals surface area contributed by atoms with Crippen molar-refractivity contribution in [2.24, 2.45) is 0 Å². The van der Waals surface area contributed by atoms with Crippen LogP contribution >= 0.6 is 11.6 Å². The third kappa shape index (κ3) is 5.39. The molecule has 0 saturated carbocycles. The Kier molecular flexibility index (Phi) is 4.80. The lowest BCUT2D eigenvalue weighted by molar-refractivity contribution is 0.347. The number of rotatable bonds is 5. The van der Waals surface area contributed by atoms with Crippen LogP contribution in [0.4, 0.5) is 5.69 Å². The van der Waals surface area contributed by atoms with Crippen LogP contribution in [0.2, 0.25) is 5.02 Å². The standard InChI is InChI=1S/C11H17ClN2O2S/c1-14(5-6-17(2,15)16)8-9-7-10(12)3-4-11(9)13/h3-4,7H,5-6,8,13H2,1-2H3. The van der Waals surface area contributed by atoms with Gasteiger partial charge in [0.05, 0.1) is 5.75 Å². The van der Waals surface area contributed by atoms with Gasteiger partial charge >= 0.3 is 0 Å². The van der Waals surface area contributed by atoms with E-state index >= 15 is 0 Å². The number of nitrogen functional groups attached to an aromatic ring is 1. The molecule has 0 aromatic heterocycles. The minimum Gasteiger partial charge on any atom is -0.398 e. The summed E-state index contributed by atoms with van der Waals surface area (Å²) in [6.45, 7) is 1.06. The number of nitrogens with two attached hydrogens (primary N) is 1. The van der Waals surface area contributed by atoms with Gasteiger partial charge in [0, 0.05) is 30.1 Å². The van der Waals surface area contributed by atoms with Gasteiger partial charge in [-0.15, -0.1) is 0 Å². The summed E-state index contributed by atoms with van der Waals surface area (Å²) in [5.41, 5.74) is 7.39. The Labute approximate surface area is 107 Å². The molecule has 0 bridgehead atoms. The van der Waals surface area contributed by atoms with E-state index < -0.39 is 9.84 Å². The molecule has 0 heterocycles. The van der Waals surface area contributed by atoms with E-state index in [1.165, 1.54) is 6.26 Å². The molecule has 0 aliphatic carbocycles.